The summed E-state index contributed by atoms with van der Waals surface area (Å²) in [5.74, 6) is -7.85. The van der Waals surface area contributed by atoms with Crippen LogP contribution in [0.15, 0.2) is 18.2 Å². The van der Waals surface area contributed by atoms with Crippen molar-refractivity contribution in [2.45, 2.75) is 75.5 Å². The Morgan fingerprint density at radius 2 is 1.75 bits per heavy atom. The molecule has 1 saturated heterocycles. The Hall–Kier alpha value is -4.58. The Morgan fingerprint density at radius 3 is 2.38 bits per heavy atom. The summed E-state index contributed by atoms with van der Waals surface area (Å²) in [5, 5.41) is 46.8. The van der Waals surface area contributed by atoms with Crippen molar-refractivity contribution < 1.29 is 76.5 Å². The average molecular weight is 682 g/mol. The van der Waals surface area contributed by atoms with E-state index in [2.05, 4.69) is 0 Å². The molecule has 0 saturated carbocycles. The quantitative estimate of drug-likeness (QED) is 0.176. The number of methoxy groups -OCH3 is 1. The molecule has 48 heavy (non-hydrogen) atoms. The van der Waals surface area contributed by atoms with E-state index in [4.69, 9.17) is 18.9 Å². The van der Waals surface area contributed by atoms with Crippen LogP contribution in [0.2, 0.25) is 0 Å². The van der Waals surface area contributed by atoms with E-state index in [0.29, 0.717) is 0 Å². The zero-order valence-electron chi connectivity index (χ0n) is 25.5. The Balaban J connectivity index is 1.61. The number of Topliss-reactive ketones (excluding diaryl/α,β-unsaturated/α-hetero) is 1. The van der Waals surface area contributed by atoms with Crippen LogP contribution in [0, 0.1) is 0 Å². The SMILES string of the molecule is COc1cccc2c1C(=O)c1c(O)c3c(c(O)c1C2=O)C[C@@](O)(C(=O)COC(C)=O)C[C@@H]3O[C@H]1C[C@H](NC(=O)C(F)(F)F)[C@@H](O)[C@H](C)O1. The number of ketones is 3. The molecule has 0 spiro atoms. The van der Waals surface area contributed by atoms with Crippen molar-refractivity contribution in [2.24, 2.45) is 0 Å². The van der Waals surface area contributed by atoms with Gasteiger partial charge in [-0.05, 0) is 13.0 Å². The van der Waals surface area contributed by atoms with Gasteiger partial charge in [-0.25, -0.2) is 0 Å². The topological polar surface area (TPSA) is 215 Å². The summed E-state index contributed by atoms with van der Waals surface area (Å²) in [7, 11) is 1.25. The first-order valence-corrected chi connectivity index (χ1v) is 14.5. The van der Waals surface area contributed by atoms with E-state index in [1.807, 2.05) is 0 Å². The number of halogens is 3. The number of aliphatic hydroxyl groups excluding tert-OH is 1. The highest BCUT2D eigenvalue weighted by molar-refractivity contribution is 6.31. The van der Waals surface area contributed by atoms with E-state index in [0.717, 1.165) is 6.92 Å². The molecule has 1 fully saturated rings. The van der Waals surface area contributed by atoms with Crippen LogP contribution in [0.3, 0.4) is 0 Å². The minimum atomic E-state index is -5.29. The van der Waals surface area contributed by atoms with Crippen LogP contribution in [-0.2, 0) is 35.0 Å². The summed E-state index contributed by atoms with van der Waals surface area (Å²) in [5.41, 5.74) is -4.88. The van der Waals surface area contributed by atoms with Crippen molar-refractivity contribution in [1.82, 2.24) is 5.32 Å². The molecule has 2 aromatic carbocycles. The Morgan fingerprint density at radius 1 is 1.08 bits per heavy atom. The predicted octanol–water partition coefficient (Wildman–Crippen LogP) is 1.29. The minimum absolute atomic E-state index is 0.0125. The zero-order chi connectivity index (χ0) is 35.5. The van der Waals surface area contributed by atoms with Crippen LogP contribution in [-0.4, -0.2) is 99.7 Å². The van der Waals surface area contributed by atoms with Crippen LogP contribution < -0.4 is 10.1 Å². The van der Waals surface area contributed by atoms with E-state index in [-0.39, 0.29) is 28.0 Å². The molecule has 17 heteroatoms. The van der Waals surface area contributed by atoms with Crippen molar-refractivity contribution in [1.29, 1.82) is 0 Å². The van der Waals surface area contributed by atoms with Gasteiger partial charge in [0, 0.05) is 42.9 Å². The number of alkyl halides is 3. The molecule has 5 N–H and O–H groups in total. The summed E-state index contributed by atoms with van der Waals surface area (Å²) in [6.45, 7) is 1.36. The molecule has 2 aromatic rings. The van der Waals surface area contributed by atoms with Crippen LogP contribution >= 0.6 is 0 Å². The lowest BCUT2D eigenvalue weighted by atomic mass is 9.72. The third-order valence-corrected chi connectivity index (χ3v) is 8.60. The summed E-state index contributed by atoms with van der Waals surface area (Å²) in [6, 6.07) is 2.56. The highest BCUT2D eigenvalue weighted by atomic mass is 19.4. The van der Waals surface area contributed by atoms with Gasteiger partial charge in [-0.3, -0.25) is 24.0 Å². The number of phenols is 2. The average Bonchev–Trinajstić information content (AvgIpc) is 3.01. The number of hydrogen-bond acceptors (Lipinski definition) is 13. The Kier molecular flexibility index (Phi) is 9.02. The lowest BCUT2D eigenvalue weighted by molar-refractivity contribution is -0.250. The second-order valence-electron chi connectivity index (χ2n) is 11.7. The summed E-state index contributed by atoms with van der Waals surface area (Å²) >= 11 is 0. The van der Waals surface area contributed by atoms with E-state index >= 15 is 0 Å². The summed E-state index contributed by atoms with van der Waals surface area (Å²) < 4.78 is 60.5. The fourth-order valence-electron chi connectivity index (χ4n) is 6.26. The fraction of sp³-hybridized carbons (Fsp3) is 0.452. The van der Waals surface area contributed by atoms with Gasteiger partial charge in [-0.15, -0.1) is 0 Å². The molecule has 1 amide bonds. The number of carbonyl (C=O) groups is 5. The summed E-state index contributed by atoms with van der Waals surface area (Å²) in [4.78, 5) is 63.7. The van der Waals surface area contributed by atoms with Crippen molar-refractivity contribution in [3.8, 4) is 17.2 Å². The maximum absolute atomic E-state index is 13.8. The smallest absolute Gasteiger partial charge is 0.471 e. The largest absolute Gasteiger partial charge is 0.507 e. The standard InChI is InChI=1S/C31H30F3NO13/c1-11-24(38)15(35-29(43)31(32,33)34)7-19(47-11)48-17-9-30(44,18(37)10-46-12(2)36)8-14-21(17)28(42)23-22(26(14)40)25(39)13-5-4-6-16(45-3)20(13)27(23)41/h4-6,11,15,17,19,24,38,40,42,44H,7-10H2,1-3H3,(H,35,43)/t11-,15-,17-,19-,24-,30-/m0/s1. The molecule has 6 atom stereocenters. The van der Waals surface area contributed by atoms with Crippen molar-refractivity contribution in [3.05, 3.63) is 51.6 Å². The van der Waals surface area contributed by atoms with Crippen LogP contribution in [0.5, 0.6) is 17.2 Å². The molecule has 0 bridgehead atoms. The lowest BCUT2D eigenvalue weighted by Crippen LogP contribution is -2.57. The lowest BCUT2D eigenvalue weighted by Gasteiger charge is -2.43. The molecule has 0 unspecified atom stereocenters. The number of esters is 1. The number of hydrogen-bond donors (Lipinski definition) is 5. The molecule has 0 aromatic heterocycles. The Bertz CT molecular complexity index is 1720. The van der Waals surface area contributed by atoms with Gasteiger partial charge in [0.15, 0.2) is 18.7 Å². The molecule has 2 aliphatic carbocycles. The number of benzene rings is 2. The van der Waals surface area contributed by atoms with E-state index in [1.54, 1.807) is 5.32 Å². The van der Waals surface area contributed by atoms with Crippen LogP contribution in [0.25, 0.3) is 0 Å². The summed E-state index contributed by atoms with van der Waals surface area (Å²) in [6.07, 6.45) is -13.5. The third kappa shape index (κ3) is 5.98. The first-order chi connectivity index (χ1) is 22.4. The van der Waals surface area contributed by atoms with Gasteiger partial charge in [-0.2, -0.15) is 13.2 Å². The van der Waals surface area contributed by atoms with Crippen molar-refractivity contribution >= 4 is 29.2 Å². The van der Waals surface area contributed by atoms with Gasteiger partial charge in [0.05, 0.1) is 42.0 Å². The molecule has 14 nitrogen and oxygen atoms in total. The Labute approximate surface area is 269 Å². The number of rotatable bonds is 7. The van der Waals surface area contributed by atoms with Gasteiger partial charge in [0.2, 0.25) is 11.6 Å². The van der Waals surface area contributed by atoms with Crippen LogP contribution in [0.1, 0.15) is 75.8 Å². The number of nitrogens with one attached hydrogen (secondary N) is 1. The number of aromatic hydroxyl groups is 2. The van der Waals surface area contributed by atoms with E-state index < -0.39 is 120 Å². The molecular formula is C31H30F3NO13. The first kappa shape index (κ1) is 34.7. The van der Waals surface area contributed by atoms with Gasteiger partial charge in [-0.1, -0.05) is 12.1 Å². The predicted molar refractivity (Wildman–Crippen MR) is 151 cm³/mol. The van der Waals surface area contributed by atoms with Gasteiger partial charge >= 0.3 is 18.1 Å². The molecule has 258 valence electrons. The molecular weight excluding hydrogens is 651 g/mol. The monoisotopic (exact) mass is 681 g/mol. The number of phenolic OH excluding ortho intramolecular Hbond substituents is 2. The molecule has 5 rings (SSSR count). The first-order valence-electron chi connectivity index (χ1n) is 14.5. The maximum Gasteiger partial charge on any atom is 0.471 e. The number of fused-ring (bicyclic) bond motifs is 3. The van der Waals surface area contributed by atoms with Gasteiger partial charge in [0.1, 0.15) is 29.0 Å². The van der Waals surface area contributed by atoms with Crippen molar-refractivity contribution in [2.75, 3.05) is 13.7 Å². The maximum atomic E-state index is 13.8. The minimum Gasteiger partial charge on any atom is -0.507 e. The number of carbonyl (C=O) groups excluding carboxylic acids is 5. The number of amides is 1. The van der Waals surface area contributed by atoms with E-state index in [1.165, 1.54) is 32.2 Å². The highest BCUT2D eigenvalue weighted by Crippen LogP contribution is 2.52. The number of ether oxygens (including phenoxy) is 4. The molecule has 1 heterocycles. The van der Waals surface area contributed by atoms with E-state index in [9.17, 15) is 57.6 Å². The normalized spacial score (nSPS) is 26.5. The molecule has 1 aliphatic heterocycles. The zero-order valence-corrected chi connectivity index (χ0v) is 25.5. The third-order valence-electron chi connectivity index (χ3n) is 8.60. The second-order valence-corrected chi connectivity index (χ2v) is 11.7. The van der Waals surface area contributed by atoms with Crippen molar-refractivity contribution in [3.63, 3.8) is 0 Å². The van der Waals surface area contributed by atoms with Gasteiger partial charge in [0.25, 0.3) is 0 Å². The second kappa shape index (κ2) is 12.5. The fourth-order valence-corrected chi connectivity index (χ4v) is 6.26. The number of aliphatic hydroxyl groups is 2. The highest BCUT2D eigenvalue weighted by Gasteiger charge is 2.51. The molecule has 0 radical (unpaired) electrons. The van der Waals surface area contributed by atoms with Crippen LogP contribution in [0.4, 0.5) is 13.2 Å². The molecule has 3 aliphatic rings. The van der Waals surface area contributed by atoms with Gasteiger partial charge < -0.3 is 44.7 Å².